The van der Waals surface area contributed by atoms with Gasteiger partial charge in [0.1, 0.15) is 18.3 Å². The molecular weight excluding hydrogens is 268 g/mol. The molecule has 3 aliphatic rings. The van der Waals surface area contributed by atoms with Crippen LogP contribution in [0.1, 0.15) is 0 Å². The Kier molecular flexibility index (Phi) is 4.53. The average molecular weight is 290 g/mol. The van der Waals surface area contributed by atoms with Crippen molar-refractivity contribution in [3.8, 4) is 0 Å². The predicted molar refractivity (Wildman–Crippen MR) is 68.4 cm³/mol. The second-order valence-corrected chi connectivity index (χ2v) is 9.42. The lowest BCUT2D eigenvalue weighted by molar-refractivity contribution is 0.102. The van der Waals surface area contributed by atoms with Gasteiger partial charge in [0.15, 0.2) is 0 Å². The van der Waals surface area contributed by atoms with Gasteiger partial charge in [-0.25, -0.2) is 0 Å². The second-order valence-electron chi connectivity index (χ2n) is 5.66. The summed E-state index contributed by atoms with van der Waals surface area (Å²) in [5, 5.41) is 0. The normalized spacial score (nSPS) is 34.9. The van der Waals surface area contributed by atoms with Crippen LogP contribution >= 0.6 is 0 Å². The van der Waals surface area contributed by atoms with Crippen LogP contribution in [0.4, 0.5) is 0 Å². The van der Waals surface area contributed by atoms with E-state index in [0.717, 1.165) is 19.8 Å². The minimum absolute atomic E-state index is 0.283. The molecule has 3 rings (SSSR count). The van der Waals surface area contributed by atoms with E-state index in [9.17, 15) is 0 Å². The number of hydrogen-bond acceptors (Lipinski definition) is 6. The maximum absolute atomic E-state index is 6.04. The van der Waals surface area contributed by atoms with E-state index in [0.29, 0.717) is 44.5 Å². The van der Waals surface area contributed by atoms with E-state index in [-0.39, 0.29) is 6.10 Å². The van der Waals surface area contributed by atoms with Crippen LogP contribution in [0.15, 0.2) is 0 Å². The largest absolute Gasteiger partial charge is 0.410 e. The van der Waals surface area contributed by atoms with Crippen LogP contribution in [-0.4, -0.2) is 78.7 Å². The van der Waals surface area contributed by atoms with Gasteiger partial charge in [0.2, 0.25) is 8.32 Å². The molecule has 0 radical (unpaired) electrons. The maximum atomic E-state index is 6.04. The minimum atomic E-state index is -1.99. The molecule has 0 aliphatic carbocycles. The smallest absolute Gasteiger partial charge is 0.240 e. The third kappa shape index (κ3) is 5.47. The van der Waals surface area contributed by atoms with Gasteiger partial charge in [-0.05, 0) is 6.55 Å². The Hall–Kier alpha value is -0.0231. The summed E-state index contributed by atoms with van der Waals surface area (Å²) >= 11 is 0. The first-order valence-electron chi connectivity index (χ1n) is 6.88. The van der Waals surface area contributed by atoms with E-state index in [2.05, 4.69) is 6.55 Å². The summed E-state index contributed by atoms with van der Waals surface area (Å²) in [6.45, 7) is 6.61. The number of hydrogen-bond donors (Lipinski definition) is 0. The van der Waals surface area contributed by atoms with Gasteiger partial charge in [-0.2, -0.15) is 0 Å². The van der Waals surface area contributed by atoms with Crippen LogP contribution in [0.3, 0.4) is 0 Å². The van der Waals surface area contributed by atoms with Crippen molar-refractivity contribution in [1.82, 2.24) is 0 Å². The van der Waals surface area contributed by atoms with Crippen molar-refractivity contribution >= 4 is 8.32 Å². The summed E-state index contributed by atoms with van der Waals surface area (Å²) in [5.41, 5.74) is 0. The van der Waals surface area contributed by atoms with Gasteiger partial charge in [-0.3, -0.25) is 0 Å². The summed E-state index contributed by atoms with van der Waals surface area (Å²) in [6, 6.07) is 0. The summed E-state index contributed by atoms with van der Waals surface area (Å²) in [5.74, 6) is 0. The lowest BCUT2D eigenvalue weighted by Crippen LogP contribution is -2.47. The van der Waals surface area contributed by atoms with Crippen molar-refractivity contribution in [1.29, 1.82) is 0 Å². The molecule has 0 aromatic heterocycles. The molecule has 0 saturated carbocycles. The maximum Gasteiger partial charge on any atom is 0.240 e. The van der Waals surface area contributed by atoms with Crippen molar-refractivity contribution in [2.75, 3.05) is 52.1 Å². The topological polar surface area (TPSA) is 65.3 Å². The molecule has 0 bridgehead atoms. The van der Waals surface area contributed by atoms with Gasteiger partial charge >= 0.3 is 0 Å². The van der Waals surface area contributed by atoms with E-state index < -0.39 is 8.32 Å². The molecule has 3 saturated heterocycles. The van der Waals surface area contributed by atoms with Crippen molar-refractivity contribution in [2.45, 2.75) is 24.9 Å². The molecule has 0 aromatic rings. The van der Waals surface area contributed by atoms with Gasteiger partial charge in [-0.15, -0.1) is 0 Å². The zero-order valence-electron chi connectivity index (χ0n) is 11.3. The molecule has 19 heavy (non-hydrogen) atoms. The Morgan fingerprint density at radius 2 is 1.26 bits per heavy atom. The van der Waals surface area contributed by atoms with E-state index in [4.69, 9.17) is 28.1 Å². The van der Waals surface area contributed by atoms with E-state index in [1.807, 2.05) is 0 Å². The summed E-state index contributed by atoms with van der Waals surface area (Å²) < 4.78 is 32.9. The third-order valence-electron chi connectivity index (χ3n) is 3.25. The van der Waals surface area contributed by atoms with Crippen LogP contribution in [0, 0.1) is 0 Å². The number of epoxide rings is 3. The van der Waals surface area contributed by atoms with Crippen molar-refractivity contribution < 1.29 is 28.1 Å². The molecule has 6 nitrogen and oxygen atoms in total. The Bertz CT molecular complexity index is 272. The highest BCUT2D eigenvalue weighted by molar-refractivity contribution is 6.72. The molecule has 0 amide bonds. The first-order valence-corrected chi connectivity index (χ1v) is 9.70. The van der Waals surface area contributed by atoms with Crippen molar-refractivity contribution in [3.63, 3.8) is 0 Å². The van der Waals surface area contributed by atoms with Gasteiger partial charge in [-0.1, -0.05) is 0 Å². The van der Waals surface area contributed by atoms with Gasteiger partial charge in [0.25, 0.3) is 0 Å². The fourth-order valence-corrected chi connectivity index (χ4v) is 3.66. The Morgan fingerprint density at radius 3 is 1.68 bits per heavy atom. The minimum Gasteiger partial charge on any atom is -0.410 e. The van der Waals surface area contributed by atoms with Gasteiger partial charge in [0.05, 0.1) is 52.1 Å². The van der Waals surface area contributed by atoms with E-state index in [1.54, 1.807) is 0 Å². The lowest BCUT2D eigenvalue weighted by atomic mass is 10.5. The van der Waals surface area contributed by atoms with E-state index in [1.165, 1.54) is 0 Å². The summed E-state index contributed by atoms with van der Waals surface area (Å²) in [6.07, 6.45) is 2.16. The van der Waals surface area contributed by atoms with Crippen LogP contribution in [0.2, 0.25) is 6.55 Å². The first kappa shape index (κ1) is 13.9. The van der Waals surface area contributed by atoms with Crippen LogP contribution in [-0.2, 0) is 28.1 Å². The molecule has 0 N–H and O–H groups in total. The highest BCUT2D eigenvalue weighted by Gasteiger charge is 2.36. The highest BCUT2D eigenvalue weighted by atomic mass is 28.4. The molecule has 3 heterocycles. The molecule has 0 spiro atoms. The summed E-state index contributed by atoms with van der Waals surface area (Å²) in [7, 11) is -1.99. The second kappa shape index (κ2) is 6.17. The third-order valence-corrected chi connectivity index (χ3v) is 5.74. The summed E-state index contributed by atoms with van der Waals surface area (Å²) in [4.78, 5) is 0. The highest BCUT2D eigenvalue weighted by Crippen LogP contribution is 2.17. The van der Waals surface area contributed by atoms with Crippen molar-refractivity contribution in [3.05, 3.63) is 0 Å². The molecule has 3 unspecified atom stereocenters. The predicted octanol–water partition coefficient (Wildman–Crippen LogP) is -0.114. The standard InChI is InChI=1S/C12H22O6Si/c1-19(18-7-12-6-17-12,8-13-2-10-4-15-10)9-14-3-11-5-16-11/h10-12H,2-9H2,1H3. The molecule has 3 aliphatic heterocycles. The Balaban J connectivity index is 1.37. The fraction of sp³-hybridized carbons (Fsp3) is 1.00. The molecule has 0 aromatic carbocycles. The molecule has 3 atom stereocenters. The molecular formula is C12H22O6Si. The Morgan fingerprint density at radius 1 is 0.842 bits per heavy atom. The monoisotopic (exact) mass is 290 g/mol. The number of rotatable bonds is 11. The SMILES string of the molecule is C[Si](COCC1CO1)(COCC1CO1)OCC1CO1. The van der Waals surface area contributed by atoms with Gasteiger partial charge in [0, 0.05) is 0 Å². The molecule has 110 valence electrons. The van der Waals surface area contributed by atoms with Crippen LogP contribution < -0.4 is 0 Å². The fourth-order valence-electron chi connectivity index (χ4n) is 1.72. The zero-order valence-corrected chi connectivity index (χ0v) is 12.3. The van der Waals surface area contributed by atoms with Gasteiger partial charge < -0.3 is 28.1 Å². The quantitative estimate of drug-likeness (QED) is 0.391. The zero-order chi connectivity index (χ0) is 13.1. The molecule has 3 fully saturated rings. The lowest BCUT2D eigenvalue weighted by Gasteiger charge is -2.26. The Labute approximate surface area is 114 Å². The number of ether oxygens (including phenoxy) is 5. The van der Waals surface area contributed by atoms with Crippen LogP contribution in [0.25, 0.3) is 0 Å². The first-order chi connectivity index (χ1) is 9.23. The average Bonchev–Trinajstić information content (AvgIpc) is 3.25. The van der Waals surface area contributed by atoms with Crippen LogP contribution in [0.5, 0.6) is 0 Å². The van der Waals surface area contributed by atoms with Crippen molar-refractivity contribution in [2.24, 2.45) is 0 Å². The van der Waals surface area contributed by atoms with E-state index >= 15 is 0 Å². The molecule has 7 heteroatoms.